The average Bonchev–Trinajstić information content (AvgIpc) is 3.35. The number of allylic oxidation sites excluding steroid dienone is 1. The summed E-state index contributed by atoms with van der Waals surface area (Å²) in [6.45, 7) is 0.292. The number of aliphatic hydroxyl groups is 1. The minimum absolute atomic E-state index is 0.292. The van der Waals surface area contributed by atoms with Crippen molar-refractivity contribution in [2.75, 3.05) is 13.7 Å². The summed E-state index contributed by atoms with van der Waals surface area (Å²) < 4.78 is 5.46. The summed E-state index contributed by atoms with van der Waals surface area (Å²) in [5.74, 6) is 0.768. The SMILES string of the molecule is COC1=CC(c2ccc[nH]2)=N/C1=C/c1ccc(CCCCCCO)[nH]1. The molecule has 0 radical (unpaired) electrons. The van der Waals surface area contributed by atoms with Gasteiger partial charge in [-0.2, -0.15) is 0 Å². The highest BCUT2D eigenvalue weighted by Crippen LogP contribution is 2.24. The standard InChI is InChI=1S/C20H25N3O2/c1-25-20-14-18(17-8-6-11-21-17)23-19(20)13-16-10-9-15(22-16)7-4-2-3-5-12-24/h6,8-11,13-14,21-22,24H,2-5,7,12H2,1H3/b19-13+. The van der Waals surface area contributed by atoms with Gasteiger partial charge in [0.1, 0.15) is 11.5 Å². The van der Waals surface area contributed by atoms with Crippen LogP contribution in [0.15, 0.2) is 53.0 Å². The molecule has 1 aliphatic rings. The third-order valence-corrected chi connectivity index (χ3v) is 4.27. The highest BCUT2D eigenvalue weighted by Gasteiger charge is 2.17. The van der Waals surface area contributed by atoms with E-state index in [1.807, 2.05) is 30.5 Å². The van der Waals surface area contributed by atoms with Gasteiger partial charge in [-0.05, 0) is 49.6 Å². The van der Waals surface area contributed by atoms with E-state index in [2.05, 4.69) is 27.1 Å². The molecule has 3 N–H and O–H groups in total. The lowest BCUT2D eigenvalue weighted by molar-refractivity contribution is 0.282. The molecule has 2 aromatic rings. The van der Waals surface area contributed by atoms with Crippen molar-refractivity contribution >= 4 is 11.8 Å². The maximum absolute atomic E-state index is 8.80. The van der Waals surface area contributed by atoms with E-state index >= 15 is 0 Å². The number of hydrogen-bond donors (Lipinski definition) is 3. The van der Waals surface area contributed by atoms with Gasteiger partial charge in [-0.15, -0.1) is 0 Å². The van der Waals surface area contributed by atoms with Crippen molar-refractivity contribution in [3.63, 3.8) is 0 Å². The van der Waals surface area contributed by atoms with Gasteiger partial charge in [0.05, 0.1) is 18.5 Å². The lowest BCUT2D eigenvalue weighted by atomic mass is 10.1. The lowest BCUT2D eigenvalue weighted by Gasteiger charge is -2.01. The van der Waals surface area contributed by atoms with E-state index in [9.17, 15) is 0 Å². The number of nitrogens with zero attached hydrogens (tertiary/aromatic N) is 1. The van der Waals surface area contributed by atoms with Crippen molar-refractivity contribution < 1.29 is 9.84 Å². The summed E-state index contributed by atoms with van der Waals surface area (Å²) in [5.41, 5.74) is 4.94. The maximum atomic E-state index is 8.80. The Labute approximate surface area is 148 Å². The minimum Gasteiger partial charge on any atom is -0.494 e. The molecule has 0 spiro atoms. The number of aliphatic hydroxyl groups excluding tert-OH is 1. The highest BCUT2D eigenvalue weighted by molar-refractivity contribution is 6.11. The van der Waals surface area contributed by atoms with Crippen LogP contribution in [0.25, 0.3) is 6.08 Å². The predicted molar refractivity (Wildman–Crippen MR) is 100 cm³/mol. The first-order valence-corrected chi connectivity index (χ1v) is 8.79. The molecule has 0 unspecified atom stereocenters. The van der Waals surface area contributed by atoms with Crippen LogP contribution in [0, 0.1) is 0 Å². The monoisotopic (exact) mass is 339 g/mol. The highest BCUT2D eigenvalue weighted by atomic mass is 16.5. The lowest BCUT2D eigenvalue weighted by Crippen LogP contribution is -1.93. The van der Waals surface area contributed by atoms with Crippen LogP contribution in [0.3, 0.4) is 0 Å². The number of ether oxygens (including phenoxy) is 1. The summed E-state index contributed by atoms with van der Waals surface area (Å²) in [4.78, 5) is 11.3. The number of H-pyrrole nitrogens is 2. The van der Waals surface area contributed by atoms with E-state index in [0.29, 0.717) is 6.61 Å². The molecule has 1 aliphatic heterocycles. The van der Waals surface area contributed by atoms with Crippen LogP contribution in [-0.2, 0) is 11.2 Å². The van der Waals surface area contributed by atoms with E-state index in [1.165, 1.54) is 5.69 Å². The third-order valence-electron chi connectivity index (χ3n) is 4.27. The number of aliphatic imine (C=N–C) groups is 1. The van der Waals surface area contributed by atoms with E-state index in [1.54, 1.807) is 7.11 Å². The van der Waals surface area contributed by atoms with Crippen LogP contribution in [0.4, 0.5) is 0 Å². The van der Waals surface area contributed by atoms with Crippen molar-refractivity contribution in [2.24, 2.45) is 4.99 Å². The van der Waals surface area contributed by atoms with Gasteiger partial charge in [-0.25, -0.2) is 4.99 Å². The largest absolute Gasteiger partial charge is 0.494 e. The van der Waals surface area contributed by atoms with Crippen LogP contribution in [0.1, 0.15) is 42.8 Å². The molecule has 0 saturated heterocycles. The fraction of sp³-hybridized carbons (Fsp3) is 0.350. The van der Waals surface area contributed by atoms with E-state index in [0.717, 1.165) is 60.7 Å². The zero-order valence-corrected chi connectivity index (χ0v) is 14.6. The molecule has 3 heterocycles. The molecular weight excluding hydrogens is 314 g/mol. The summed E-state index contributed by atoms with van der Waals surface area (Å²) in [7, 11) is 1.67. The van der Waals surface area contributed by atoms with E-state index < -0.39 is 0 Å². The van der Waals surface area contributed by atoms with Crippen LogP contribution in [0.5, 0.6) is 0 Å². The number of unbranched alkanes of at least 4 members (excludes halogenated alkanes) is 3. The first-order chi connectivity index (χ1) is 12.3. The van der Waals surface area contributed by atoms with Gasteiger partial charge in [-0.1, -0.05) is 12.8 Å². The van der Waals surface area contributed by atoms with Gasteiger partial charge in [0.25, 0.3) is 0 Å². The van der Waals surface area contributed by atoms with Crippen molar-refractivity contribution in [1.82, 2.24) is 9.97 Å². The molecule has 0 aliphatic carbocycles. The molecule has 5 nitrogen and oxygen atoms in total. The zero-order valence-electron chi connectivity index (χ0n) is 14.6. The van der Waals surface area contributed by atoms with E-state index in [4.69, 9.17) is 9.84 Å². The second kappa shape index (κ2) is 8.53. The molecule has 2 aromatic heterocycles. The fourth-order valence-corrected chi connectivity index (χ4v) is 2.93. The number of nitrogens with one attached hydrogen (secondary N) is 2. The summed E-state index contributed by atoms with van der Waals surface area (Å²) >= 11 is 0. The van der Waals surface area contributed by atoms with Crippen LogP contribution in [-0.4, -0.2) is 34.5 Å². The molecule has 5 heteroatoms. The smallest absolute Gasteiger partial charge is 0.146 e. The molecule has 132 valence electrons. The molecule has 0 amide bonds. The second-order valence-corrected chi connectivity index (χ2v) is 6.15. The maximum Gasteiger partial charge on any atom is 0.146 e. The van der Waals surface area contributed by atoms with Crippen LogP contribution < -0.4 is 0 Å². The average molecular weight is 339 g/mol. The number of aryl methyl sites for hydroxylation is 1. The molecule has 0 bridgehead atoms. The molecule has 0 aromatic carbocycles. The van der Waals surface area contributed by atoms with Crippen LogP contribution in [0.2, 0.25) is 0 Å². The number of rotatable bonds is 9. The molecule has 3 rings (SSSR count). The van der Waals surface area contributed by atoms with Gasteiger partial charge in [-0.3, -0.25) is 0 Å². The molecule has 0 saturated carbocycles. The molecule has 25 heavy (non-hydrogen) atoms. The van der Waals surface area contributed by atoms with Crippen molar-refractivity contribution in [3.8, 4) is 0 Å². The fourth-order valence-electron chi connectivity index (χ4n) is 2.93. The first kappa shape index (κ1) is 17.3. The molecule has 0 fully saturated rings. The number of hydrogen-bond acceptors (Lipinski definition) is 3. The van der Waals surface area contributed by atoms with Crippen molar-refractivity contribution in [3.05, 3.63) is 65.1 Å². The van der Waals surface area contributed by atoms with E-state index in [-0.39, 0.29) is 0 Å². The molecule has 0 atom stereocenters. The zero-order chi connectivity index (χ0) is 17.5. The van der Waals surface area contributed by atoms with Gasteiger partial charge in [0, 0.05) is 30.3 Å². The summed E-state index contributed by atoms with van der Waals surface area (Å²) in [6, 6.07) is 8.15. The Bertz CT molecular complexity index is 767. The first-order valence-electron chi connectivity index (χ1n) is 8.79. The normalized spacial score (nSPS) is 15.5. The Morgan fingerprint density at radius 3 is 2.80 bits per heavy atom. The Hall–Kier alpha value is -2.53. The number of aromatic amines is 2. The number of methoxy groups -OCH3 is 1. The Kier molecular flexibility index (Phi) is 5.90. The predicted octanol–water partition coefficient (Wildman–Crippen LogP) is 3.81. The summed E-state index contributed by atoms with van der Waals surface area (Å²) in [5, 5.41) is 8.80. The Balaban J connectivity index is 1.65. The summed E-state index contributed by atoms with van der Waals surface area (Å²) in [6.07, 6.45) is 11.1. The van der Waals surface area contributed by atoms with Gasteiger partial charge >= 0.3 is 0 Å². The van der Waals surface area contributed by atoms with Crippen molar-refractivity contribution in [2.45, 2.75) is 32.1 Å². The minimum atomic E-state index is 0.292. The Morgan fingerprint density at radius 1 is 1.16 bits per heavy atom. The quantitative estimate of drug-likeness (QED) is 0.608. The number of aromatic nitrogens is 2. The topological polar surface area (TPSA) is 73.4 Å². The van der Waals surface area contributed by atoms with Gasteiger partial charge in [0.15, 0.2) is 0 Å². The second-order valence-electron chi connectivity index (χ2n) is 6.15. The third kappa shape index (κ3) is 4.51. The van der Waals surface area contributed by atoms with Crippen molar-refractivity contribution in [1.29, 1.82) is 0 Å². The van der Waals surface area contributed by atoms with Gasteiger partial charge in [0.2, 0.25) is 0 Å². The van der Waals surface area contributed by atoms with Crippen LogP contribution >= 0.6 is 0 Å². The van der Waals surface area contributed by atoms with Gasteiger partial charge < -0.3 is 19.8 Å². The Morgan fingerprint density at radius 2 is 2.04 bits per heavy atom. The molecular formula is C20H25N3O2.